The number of para-hydroxylation sites is 2. The van der Waals surface area contributed by atoms with Gasteiger partial charge in [0.15, 0.2) is 0 Å². The molecule has 2 heterocycles. The minimum absolute atomic E-state index is 1.17. The Morgan fingerprint density at radius 1 is 0.217 bits per heavy atom. The van der Waals surface area contributed by atoms with Gasteiger partial charge in [0.1, 0.15) is 0 Å². The Kier molecular flexibility index (Phi) is 6.32. The van der Waals surface area contributed by atoms with Crippen molar-refractivity contribution in [3.63, 3.8) is 0 Å². The zero-order chi connectivity index (χ0) is 39.1. The Bertz CT molecular complexity index is 3960. The SMILES string of the molecule is c1ccc(-n2c3ccc(-c4ccc5c(c4)c4ccccc4n5-c4ccc5c6ccccc6c6ccccc6c5c4)cc3c3c4cccc5c4c(cc32)-c2ccccc2-5)cc1. The summed E-state index contributed by atoms with van der Waals surface area (Å²) in [7, 11) is 0. The summed E-state index contributed by atoms with van der Waals surface area (Å²) in [4.78, 5) is 0. The monoisotopic (exact) mass is 758 g/mol. The van der Waals surface area contributed by atoms with Crippen molar-refractivity contribution < 1.29 is 0 Å². The van der Waals surface area contributed by atoms with Gasteiger partial charge in [0.05, 0.1) is 22.1 Å². The summed E-state index contributed by atoms with van der Waals surface area (Å²) in [5.41, 5.74) is 14.9. The van der Waals surface area contributed by atoms with Gasteiger partial charge in [-0.3, -0.25) is 0 Å². The maximum atomic E-state index is 2.46. The number of hydrogen-bond acceptors (Lipinski definition) is 0. The highest BCUT2D eigenvalue weighted by Crippen LogP contribution is 2.51. The molecule has 0 spiro atoms. The second kappa shape index (κ2) is 11.8. The maximum absolute atomic E-state index is 2.46. The summed E-state index contributed by atoms with van der Waals surface area (Å²) in [6.45, 7) is 0. The molecule has 0 unspecified atom stereocenters. The van der Waals surface area contributed by atoms with Crippen molar-refractivity contribution in [2.24, 2.45) is 0 Å². The lowest BCUT2D eigenvalue weighted by molar-refractivity contribution is 1.18. The molecule has 0 amide bonds. The van der Waals surface area contributed by atoms with E-state index in [-0.39, 0.29) is 0 Å². The number of benzene rings is 11. The van der Waals surface area contributed by atoms with E-state index in [0.29, 0.717) is 0 Å². The number of rotatable bonds is 3. The minimum atomic E-state index is 1.17. The van der Waals surface area contributed by atoms with Crippen LogP contribution >= 0.6 is 0 Å². The molecule has 0 fully saturated rings. The van der Waals surface area contributed by atoms with Gasteiger partial charge in [-0.15, -0.1) is 0 Å². The molecule has 14 rings (SSSR count). The van der Waals surface area contributed by atoms with Gasteiger partial charge in [0.2, 0.25) is 0 Å². The van der Waals surface area contributed by atoms with Crippen LogP contribution in [-0.4, -0.2) is 9.13 Å². The zero-order valence-electron chi connectivity index (χ0n) is 32.5. The number of hydrogen-bond donors (Lipinski definition) is 0. The largest absolute Gasteiger partial charge is 0.309 e. The van der Waals surface area contributed by atoms with Crippen LogP contribution in [0.5, 0.6) is 0 Å². The van der Waals surface area contributed by atoms with Crippen molar-refractivity contribution >= 4 is 86.7 Å². The molecule has 2 heteroatoms. The summed E-state index contributed by atoms with van der Waals surface area (Å²) < 4.78 is 4.92. The quantitative estimate of drug-likeness (QED) is 0.159. The van der Waals surface area contributed by atoms with E-state index < -0.39 is 0 Å². The fraction of sp³-hybridized carbons (Fsp3) is 0. The summed E-state index contributed by atoms with van der Waals surface area (Å²) in [5.74, 6) is 0. The topological polar surface area (TPSA) is 9.86 Å². The molecule has 1 aliphatic carbocycles. The first-order valence-electron chi connectivity index (χ1n) is 20.8. The highest BCUT2D eigenvalue weighted by Gasteiger charge is 2.26. The third kappa shape index (κ3) is 4.22. The molecule has 2 nitrogen and oxygen atoms in total. The highest BCUT2D eigenvalue weighted by molar-refractivity contribution is 6.30. The second-order valence-electron chi connectivity index (χ2n) is 16.4. The molecule has 276 valence electrons. The molecule has 13 aromatic rings. The second-order valence-corrected chi connectivity index (χ2v) is 16.4. The molecule has 0 saturated carbocycles. The van der Waals surface area contributed by atoms with E-state index in [2.05, 4.69) is 215 Å². The molecule has 0 N–H and O–H groups in total. The summed E-state index contributed by atoms with van der Waals surface area (Å²) in [6.07, 6.45) is 0. The van der Waals surface area contributed by atoms with Crippen LogP contribution in [0.25, 0.3) is 131 Å². The first-order chi connectivity index (χ1) is 29.8. The van der Waals surface area contributed by atoms with Crippen LogP contribution in [0, 0.1) is 0 Å². The van der Waals surface area contributed by atoms with Crippen LogP contribution in [0.1, 0.15) is 0 Å². The van der Waals surface area contributed by atoms with Gasteiger partial charge in [0.25, 0.3) is 0 Å². The van der Waals surface area contributed by atoms with Gasteiger partial charge in [-0.1, -0.05) is 146 Å². The van der Waals surface area contributed by atoms with Crippen LogP contribution in [0.3, 0.4) is 0 Å². The standard InChI is InChI=1S/C58H34N2/c1-2-13-37(14-3-1)59-55-30-26-36(32-52(55)58-48-23-12-22-47-42-18-7-9-20-44(42)51(57(47)48)34-56(58)59)35-25-29-54-50(31-35)46-21-10-11-24-53(46)60(54)38-27-28-45-41-17-5-4-15-39(41)40-16-6-8-19-43(40)49(45)33-38/h1-34H. The highest BCUT2D eigenvalue weighted by atomic mass is 15.0. The molecule has 0 atom stereocenters. The Hall–Kier alpha value is -7.94. The number of fused-ring (bicyclic) bond motifs is 16. The van der Waals surface area contributed by atoms with E-state index in [9.17, 15) is 0 Å². The lowest BCUT2D eigenvalue weighted by Crippen LogP contribution is -1.94. The van der Waals surface area contributed by atoms with Crippen LogP contribution in [0.4, 0.5) is 0 Å². The van der Waals surface area contributed by atoms with Gasteiger partial charge >= 0.3 is 0 Å². The van der Waals surface area contributed by atoms with Crippen LogP contribution in [-0.2, 0) is 0 Å². The average molecular weight is 759 g/mol. The molecule has 11 aromatic carbocycles. The van der Waals surface area contributed by atoms with Crippen molar-refractivity contribution in [2.45, 2.75) is 0 Å². The normalized spacial score (nSPS) is 12.3. The van der Waals surface area contributed by atoms with E-state index in [1.54, 1.807) is 0 Å². The molecule has 0 bridgehead atoms. The van der Waals surface area contributed by atoms with Gasteiger partial charge in [0, 0.05) is 32.9 Å². The van der Waals surface area contributed by atoms with E-state index in [1.807, 2.05) is 0 Å². The summed E-state index contributed by atoms with van der Waals surface area (Å²) in [6, 6.07) is 76.7. The predicted molar refractivity (Wildman–Crippen MR) is 255 cm³/mol. The smallest absolute Gasteiger partial charge is 0.0553 e. The van der Waals surface area contributed by atoms with Crippen molar-refractivity contribution in [3.8, 4) is 44.8 Å². The third-order valence-corrected chi connectivity index (χ3v) is 13.4. The molecular formula is C58H34N2. The molecular weight excluding hydrogens is 725 g/mol. The lowest BCUT2D eigenvalue weighted by Gasteiger charge is -2.14. The Morgan fingerprint density at radius 2 is 0.733 bits per heavy atom. The van der Waals surface area contributed by atoms with Crippen LogP contribution in [0.15, 0.2) is 206 Å². The van der Waals surface area contributed by atoms with Gasteiger partial charge in [-0.2, -0.15) is 0 Å². The fourth-order valence-electron chi connectivity index (χ4n) is 10.9. The van der Waals surface area contributed by atoms with Crippen LogP contribution < -0.4 is 0 Å². The zero-order valence-corrected chi connectivity index (χ0v) is 32.5. The molecule has 0 radical (unpaired) electrons. The predicted octanol–water partition coefficient (Wildman–Crippen LogP) is 15.8. The Morgan fingerprint density at radius 3 is 1.47 bits per heavy atom. The molecule has 2 aromatic heterocycles. The fourth-order valence-corrected chi connectivity index (χ4v) is 10.9. The van der Waals surface area contributed by atoms with Crippen molar-refractivity contribution in [1.29, 1.82) is 0 Å². The first kappa shape index (κ1) is 32.1. The maximum Gasteiger partial charge on any atom is 0.0553 e. The Balaban J connectivity index is 1.000. The van der Waals surface area contributed by atoms with Gasteiger partial charge in [-0.25, -0.2) is 0 Å². The van der Waals surface area contributed by atoms with Crippen LogP contribution in [0.2, 0.25) is 0 Å². The first-order valence-corrected chi connectivity index (χ1v) is 20.8. The van der Waals surface area contributed by atoms with Crippen molar-refractivity contribution in [1.82, 2.24) is 9.13 Å². The van der Waals surface area contributed by atoms with E-state index in [4.69, 9.17) is 0 Å². The van der Waals surface area contributed by atoms with E-state index in [0.717, 1.165) is 0 Å². The van der Waals surface area contributed by atoms with E-state index >= 15 is 0 Å². The summed E-state index contributed by atoms with van der Waals surface area (Å²) in [5, 5.41) is 15.5. The molecule has 0 saturated heterocycles. The van der Waals surface area contributed by atoms with Gasteiger partial charge < -0.3 is 9.13 Å². The Labute approximate surface area is 345 Å². The van der Waals surface area contributed by atoms with Crippen molar-refractivity contribution in [2.75, 3.05) is 0 Å². The summed E-state index contributed by atoms with van der Waals surface area (Å²) >= 11 is 0. The third-order valence-electron chi connectivity index (χ3n) is 13.4. The molecule has 60 heavy (non-hydrogen) atoms. The number of aromatic nitrogens is 2. The average Bonchev–Trinajstić information content (AvgIpc) is 3.95. The van der Waals surface area contributed by atoms with Crippen molar-refractivity contribution in [3.05, 3.63) is 206 Å². The number of nitrogens with zero attached hydrogens (tertiary/aromatic N) is 2. The molecule has 1 aliphatic rings. The lowest BCUT2D eigenvalue weighted by atomic mass is 9.94. The van der Waals surface area contributed by atoms with Gasteiger partial charge in [-0.05, 0) is 137 Å². The molecule has 0 aliphatic heterocycles. The van der Waals surface area contributed by atoms with E-state index in [1.165, 1.54) is 131 Å². The minimum Gasteiger partial charge on any atom is -0.309 e.